The zero-order valence-electron chi connectivity index (χ0n) is 16.0. The van der Waals surface area contributed by atoms with Gasteiger partial charge < -0.3 is 9.88 Å². The number of aromatic nitrogens is 4. The quantitative estimate of drug-likeness (QED) is 0.758. The second-order valence-electron chi connectivity index (χ2n) is 8.00. The number of amides is 1. The molecular formula is C21H26N6O. The number of nitrogens with zero attached hydrogens (tertiary/aromatic N) is 5. The van der Waals surface area contributed by atoms with Gasteiger partial charge in [-0.15, -0.1) is 5.10 Å². The number of hydrogen-bond donors (Lipinski definition) is 1. The van der Waals surface area contributed by atoms with Crippen LogP contribution in [0.2, 0.25) is 0 Å². The molecule has 3 aromatic rings. The summed E-state index contributed by atoms with van der Waals surface area (Å²) in [7, 11) is 0. The lowest BCUT2D eigenvalue weighted by molar-refractivity contribution is 0.0787. The molecule has 0 radical (unpaired) electrons. The summed E-state index contributed by atoms with van der Waals surface area (Å²) in [4.78, 5) is 20.4. The van der Waals surface area contributed by atoms with Crippen LogP contribution in [0.5, 0.6) is 0 Å². The Morgan fingerprint density at radius 2 is 2.00 bits per heavy atom. The van der Waals surface area contributed by atoms with E-state index in [2.05, 4.69) is 50.5 Å². The van der Waals surface area contributed by atoms with Crippen molar-refractivity contribution in [2.75, 3.05) is 26.2 Å². The smallest absolute Gasteiger partial charge is 0.276 e. The van der Waals surface area contributed by atoms with Gasteiger partial charge in [-0.05, 0) is 49.7 Å². The Kier molecular flexibility index (Phi) is 4.60. The number of nitrogens with one attached hydrogen (secondary N) is 1. The number of fused-ring (bicyclic) bond motifs is 1. The first-order valence-corrected chi connectivity index (χ1v) is 10.3. The van der Waals surface area contributed by atoms with Gasteiger partial charge in [0.05, 0.1) is 12.2 Å². The lowest BCUT2D eigenvalue weighted by Crippen LogP contribution is -2.36. The Morgan fingerprint density at radius 1 is 1.14 bits per heavy atom. The summed E-state index contributed by atoms with van der Waals surface area (Å²) in [5.41, 5.74) is 2.91. The number of rotatable bonds is 4. The zero-order valence-corrected chi connectivity index (χ0v) is 16.0. The minimum atomic E-state index is 0.0227. The van der Waals surface area contributed by atoms with Crippen LogP contribution in [0.15, 0.2) is 36.5 Å². The van der Waals surface area contributed by atoms with Gasteiger partial charge in [-0.25, -0.2) is 4.68 Å². The molecule has 2 aliphatic rings. The topological polar surface area (TPSA) is 70.0 Å². The van der Waals surface area contributed by atoms with Gasteiger partial charge in [0.25, 0.3) is 5.91 Å². The van der Waals surface area contributed by atoms with Crippen molar-refractivity contribution in [3.05, 3.63) is 47.9 Å². The van der Waals surface area contributed by atoms with E-state index < -0.39 is 0 Å². The number of hydrogen-bond acceptors (Lipinski definition) is 4. The van der Waals surface area contributed by atoms with Crippen LogP contribution in [0.25, 0.3) is 10.9 Å². The van der Waals surface area contributed by atoms with Crippen LogP contribution in [0.1, 0.15) is 47.9 Å². The average molecular weight is 378 g/mol. The first kappa shape index (κ1) is 17.4. The molecule has 0 bridgehead atoms. The fraction of sp³-hybridized carbons (Fsp3) is 0.476. The Bertz CT molecular complexity index is 937. The lowest BCUT2D eigenvalue weighted by Gasteiger charge is -2.32. The molecule has 2 aromatic heterocycles. The van der Waals surface area contributed by atoms with Gasteiger partial charge in [-0.1, -0.05) is 23.4 Å². The van der Waals surface area contributed by atoms with Gasteiger partial charge >= 0.3 is 0 Å². The molecule has 2 saturated heterocycles. The number of carbonyl (C=O) groups is 1. The van der Waals surface area contributed by atoms with Crippen LogP contribution >= 0.6 is 0 Å². The maximum Gasteiger partial charge on any atom is 0.276 e. The normalized spacial score (nSPS) is 20.9. The van der Waals surface area contributed by atoms with E-state index in [4.69, 9.17) is 0 Å². The molecule has 1 amide bonds. The number of benzene rings is 1. The van der Waals surface area contributed by atoms with Gasteiger partial charge in [0.2, 0.25) is 0 Å². The maximum atomic E-state index is 12.5. The Balaban J connectivity index is 1.26. The molecule has 28 heavy (non-hydrogen) atoms. The first-order valence-electron chi connectivity index (χ1n) is 10.3. The standard InChI is InChI=1S/C21H26N6O/c28-21(26-10-3-4-11-26)20-15-27(24-23-20)18-7-5-9-25(14-18)13-17-12-16-6-1-2-8-19(16)22-17/h1-2,6,8,12,15,18,22H,3-5,7,9-11,13-14H2. The van der Waals surface area contributed by atoms with Gasteiger partial charge in [-0.3, -0.25) is 9.69 Å². The van der Waals surface area contributed by atoms with Crippen LogP contribution in [-0.2, 0) is 6.54 Å². The molecule has 5 rings (SSSR count). The third-order valence-electron chi connectivity index (χ3n) is 5.96. The summed E-state index contributed by atoms with van der Waals surface area (Å²) in [5, 5.41) is 9.72. The highest BCUT2D eigenvalue weighted by molar-refractivity contribution is 5.92. The third kappa shape index (κ3) is 3.42. The molecule has 4 heterocycles. The lowest BCUT2D eigenvalue weighted by atomic mass is 10.1. The number of likely N-dealkylation sites (tertiary alicyclic amines) is 2. The van der Waals surface area contributed by atoms with E-state index in [1.807, 2.05) is 15.8 Å². The van der Waals surface area contributed by atoms with Crippen molar-refractivity contribution in [1.29, 1.82) is 0 Å². The van der Waals surface area contributed by atoms with E-state index in [9.17, 15) is 4.79 Å². The molecule has 1 aromatic carbocycles. The van der Waals surface area contributed by atoms with Gasteiger partial charge in [0.1, 0.15) is 0 Å². The summed E-state index contributed by atoms with van der Waals surface area (Å²) in [5.74, 6) is 0.0227. The molecule has 0 saturated carbocycles. The summed E-state index contributed by atoms with van der Waals surface area (Å²) in [6.45, 7) is 4.59. The molecule has 1 unspecified atom stereocenters. The second kappa shape index (κ2) is 7.39. The Morgan fingerprint density at radius 3 is 2.86 bits per heavy atom. The molecule has 2 fully saturated rings. The van der Waals surface area contributed by atoms with Crippen LogP contribution in [-0.4, -0.2) is 61.9 Å². The average Bonchev–Trinajstić information content (AvgIpc) is 3.47. The molecule has 1 atom stereocenters. The van der Waals surface area contributed by atoms with Gasteiger partial charge in [0, 0.05) is 37.4 Å². The van der Waals surface area contributed by atoms with Gasteiger partial charge in [-0.2, -0.15) is 0 Å². The van der Waals surface area contributed by atoms with Crippen molar-refractivity contribution in [1.82, 2.24) is 29.8 Å². The summed E-state index contributed by atoms with van der Waals surface area (Å²) >= 11 is 0. The van der Waals surface area contributed by atoms with Gasteiger partial charge in [0.15, 0.2) is 5.69 Å². The van der Waals surface area contributed by atoms with E-state index in [-0.39, 0.29) is 11.9 Å². The number of carbonyl (C=O) groups excluding carboxylic acids is 1. The van der Waals surface area contributed by atoms with Crippen molar-refractivity contribution < 1.29 is 4.79 Å². The monoisotopic (exact) mass is 378 g/mol. The number of para-hydroxylation sites is 1. The van der Waals surface area contributed by atoms with Crippen molar-refractivity contribution in [2.24, 2.45) is 0 Å². The van der Waals surface area contributed by atoms with E-state index in [1.54, 1.807) is 0 Å². The van der Waals surface area contributed by atoms with Crippen molar-refractivity contribution >= 4 is 16.8 Å². The molecular weight excluding hydrogens is 352 g/mol. The molecule has 0 aliphatic carbocycles. The predicted molar refractivity (Wildman–Crippen MR) is 107 cm³/mol. The zero-order chi connectivity index (χ0) is 18.9. The highest BCUT2D eigenvalue weighted by Crippen LogP contribution is 2.24. The molecule has 7 nitrogen and oxygen atoms in total. The van der Waals surface area contributed by atoms with E-state index in [0.29, 0.717) is 5.69 Å². The largest absolute Gasteiger partial charge is 0.357 e. The predicted octanol–water partition coefficient (Wildman–Crippen LogP) is 2.83. The highest BCUT2D eigenvalue weighted by Gasteiger charge is 2.26. The number of piperidine rings is 1. The fourth-order valence-corrected chi connectivity index (χ4v) is 4.49. The summed E-state index contributed by atoms with van der Waals surface area (Å²) in [6, 6.07) is 10.9. The maximum absolute atomic E-state index is 12.5. The highest BCUT2D eigenvalue weighted by atomic mass is 16.2. The second-order valence-corrected chi connectivity index (χ2v) is 8.00. The molecule has 1 N–H and O–H groups in total. The number of H-pyrrole nitrogens is 1. The SMILES string of the molecule is O=C(c1cn(C2CCCN(Cc3cc4ccccc4[nH]3)C2)nn1)N1CCCC1. The molecule has 2 aliphatic heterocycles. The van der Waals surface area contributed by atoms with Crippen LogP contribution in [0, 0.1) is 0 Å². The van der Waals surface area contributed by atoms with Crippen LogP contribution in [0.4, 0.5) is 0 Å². The van der Waals surface area contributed by atoms with Crippen molar-refractivity contribution in [3.8, 4) is 0 Å². The first-order chi connectivity index (χ1) is 13.8. The molecule has 7 heteroatoms. The minimum Gasteiger partial charge on any atom is -0.357 e. The van der Waals surface area contributed by atoms with Crippen molar-refractivity contribution in [2.45, 2.75) is 38.3 Å². The molecule has 146 valence electrons. The van der Waals surface area contributed by atoms with E-state index >= 15 is 0 Å². The third-order valence-corrected chi connectivity index (χ3v) is 5.96. The van der Waals surface area contributed by atoms with Crippen LogP contribution in [0.3, 0.4) is 0 Å². The minimum absolute atomic E-state index is 0.0227. The number of aromatic amines is 1. The Labute approximate surface area is 164 Å². The van der Waals surface area contributed by atoms with Crippen LogP contribution < -0.4 is 0 Å². The Hall–Kier alpha value is -2.67. The van der Waals surface area contributed by atoms with E-state index in [1.165, 1.54) is 16.6 Å². The fourth-order valence-electron chi connectivity index (χ4n) is 4.49. The summed E-state index contributed by atoms with van der Waals surface area (Å²) in [6.07, 6.45) is 6.22. The van der Waals surface area contributed by atoms with E-state index in [0.717, 1.165) is 58.4 Å². The van der Waals surface area contributed by atoms with Crippen molar-refractivity contribution in [3.63, 3.8) is 0 Å². The molecule has 0 spiro atoms. The summed E-state index contributed by atoms with van der Waals surface area (Å²) < 4.78 is 1.90.